The van der Waals surface area contributed by atoms with Crippen molar-refractivity contribution >= 4 is 39.5 Å². The number of carbonyl (C=O) groups excluding carboxylic acids is 2. The summed E-state index contributed by atoms with van der Waals surface area (Å²) in [4.78, 5) is 25.0. The minimum absolute atomic E-state index is 0.120. The van der Waals surface area contributed by atoms with E-state index < -0.39 is 18.0 Å². The van der Waals surface area contributed by atoms with Crippen molar-refractivity contribution in [2.75, 3.05) is 12.4 Å². The van der Waals surface area contributed by atoms with Gasteiger partial charge in [0.2, 0.25) is 0 Å². The average molecular weight is 419 g/mol. The number of methoxy groups -OCH3 is 1. The van der Waals surface area contributed by atoms with Crippen molar-refractivity contribution in [1.29, 1.82) is 0 Å². The van der Waals surface area contributed by atoms with Crippen molar-refractivity contribution in [3.63, 3.8) is 0 Å². The summed E-state index contributed by atoms with van der Waals surface area (Å²) >= 11 is 0. The maximum absolute atomic E-state index is 12.6. The molecule has 0 radical (unpaired) electrons. The largest absolute Gasteiger partial charge is 0.495 e. The van der Waals surface area contributed by atoms with Gasteiger partial charge in [-0.15, -0.1) is 0 Å². The van der Waals surface area contributed by atoms with Gasteiger partial charge in [0.25, 0.3) is 5.91 Å². The minimum atomic E-state index is -1.04. The summed E-state index contributed by atoms with van der Waals surface area (Å²) in [5.74, 6) is -0.675. The van der Waals surface area contributed by atoms with Crippen LogP contribution in [0.15, 0.2) is 65.1 Å². The fraction of sp³-hybridized carbons (Fsp3) is 0.167. The molecule has 0 aliphatic rings. The lowest BCUT2D eigenvalue weighted by Gasteiger charge is -2.15. The number of amides is 1. The molecular formula is C24H21NO6. The number of hydrogen-bond acceptors (Lipinski definition) is 6. The third kappa shape index (κ3) is 4.08. The number of aliphatic hydroxyl groups is 1. The van der Waals surface area contributed by atoms with E-state index in [-0.39, 0.29) is 12.2 Å². The molecule has 0 unspecified atom stereocenters. The topological polar surface area (TPSA) is 98.0 Å². The van der Waals surface area contributed by atoms with Crippen LogP contribution < -0.4 is 10.1 Å². The van der Waals surface area contributed by atoms with Crippen LogP contribution in [-0.4, -0.2) is 30.2 Å². The SMILES string of the molecule is COc1cc2c(cc1NC(=O)[C@@H](C)OC(=O)c1ccc(CO)cc1)oc1ccccc12. The number of carbonyl (C=O) groups is 2. The molecule has 1 atom stereocenters. The summed E-state index contributed by atoms with van der Waals surface area (Å²) in [7, 11) is 1.51. The second-order valence-corrected chi connectivity index (χ2v) is 7.04. The number of ether oxygens (including phenoxy) is 2. The number of para-hydroxylation sites is 1. The first-order valence-corrected chi connectivity index (χ1v) is 9.71. The first-order valence-electron chi connectivity index (χ1n) is 9.71. The van der Waals surface area contributed by atoms with Crippen LogP contribution in [0.1, 0.15) is 22.8 Å². The number of fused-ring (bicyclic) bond motifs is 3. The number of anilines is 1. The molecule has 3 aromatic carbocycles. The summed E-state index contributed by atoms with van der Waals surface area (Å²) < 4.78 is 16.6. The summed E-state index contributed by atoms with van der Waals surface area (Å²) in [5, 5.41) is 13.6. The first-order chi connectivity index (χ1) is 15.0. The maximum Gasteiger partial charge on any atom is 0.338 e. The van der Waals surface area contributed by atoms with Crippen molar-refractivity contribution in [3.8, 4) is 5.75 Å². The van der Waals surface area contributed by atoms with Gasteiger partial charge in [0, 0.05) is 16.8 Å². The van der Waals surface area contributed by atoms with Crippen LogP contribution in [0, 0.1) is 0 Å². The van der Waals surface area contributed by atoms with E-state index in [1.807, 2.05) is 24.3 Å². The predicted molar refractivity (Wildman–Crippen MR) is 116 cm³/mol. The van der Waals surface area contributed by atoms with Gasteiger partial charge in [-0.3, -0.25) is 4.79 Å². The molecule has 1 aromatic heterocycles. The highest BCUT2D eigenvalue weighted by Crippen LogP contribution is 2.36. The first kappa shape index (κ1) is 20.4. The molecule has 1 heterocycles. The van der Waals surface area contributed by atoms with Gasteiger partial charge in [-0.05, 0) is 36.8 Å². The highest BCUT2D eigenvalue weighted by Gasteiger charge is 2.21. The summed E-state index contributed by atoms with van der Waals surface area (Å²) in [6.07, 6.45) is -1.04. The van der Waals surface area contributed by atoms with Crippen LogP contribution in [0.4, 0.5) is 5.69 Å². The van der Waals surface area contributed by atoms with E-state index in [0.29, 0.717) is 22.6 Å². The molecule has 4 rings (SSSR count). The van der Waals surface area contributed by atoms with Crippen LogP contribution in [0.2, 0.25) is 0 Å². The van der Waals surface area contributed by atoms with Crippen LogP contribution in [-0.2, 0) is 16.1 Å². The Morgan fingerprint density at radius 2 is 1.77 bits per heavy atom. The zero-order valence-corrected chi connectivity index (χ0v) is 17.0. The molecule has 158 valence electrons. The molecular weight excluding hydrogens is 398 g/mol. The molecule has 0 bridgehead atoms. The standard InChI is InChI=1S/C24H21NO6/c1-14(30-24(28)16-9-7-15(13-26)8-10-16)23(27)25-19-12-21-18(11-22(19)29-2)17-5-3-4-6-20(17)31-21/h3-12,14,26H,13H2,1-2H3,(H,25,27)/t14-/m1/s1. The molecule has 7 nitrogen and oxygen atoms in total. The van der Waals surface area contributed by atoms with Gasteiger partial charge in [-0.2, -0.15) is 0 Å². The fourth-order valence-corrected chi connectivity index (χ4v) is 3.28. The number of aliphatic hydroxyl groups excluding tert-OH is 1. The van der Waals surface area contributed by atoms with Gasteiger partial charge < -0.3 is 24.3 Å². The van der Waals surface area contributed by atoms with E-state index in [4.69, 9.17) is 19.0 Å². The fourth-order valence-electron chi connectivity index (χ4n) is 3.28. The Bertz CT molecular complexity index is 1260. The lowest BCUT2D eigenvalue weighted by atomic mass is 10.1. The molecule has 4 aromatic rings. The van der Waals surface area contributed by atoms with Crippen LogP contribution in [0.3, 0.4) is 0 Å². The smallest absolute Gasteiger partial charge is 0.338 e. The lowest BCUT2D eigenvalue weighted by molar-refractivity contribution is -0.123. The zero-order chi connectivity index (χ0) is 22.0. The monoisotopic (exact) mass is 419 g/mol. The Morgan fingerprint density at radius 3 is 2.48 bits per heavy atom. The van der Waals surface area contributed by atoms with Gasteiger partial charge >= 0.3 is 5.97 Å². The average Bonchev–Trinajstić information content (AvgIpc) is 3.15. The Kier molecular flexibility index (Phi) is 5.60. The highest BCUT2D eigenvalue weighted by atomic mass is 16.5. The molecule has 0 spiro atoms. The molecule has 0 aliphatic carbocycles. The number of esters is 1. The Labute approximate surface area is 178 Å². The third-order valence-corrected chi connectivity index (χ3v) is 4.98. The van der Waals surface area contributed by atoms with E-state index >= 15 is 0 Å². The molecule has 31 heavy (non-hydrogen) atoms. The zero-order valence-electron chi connectivity index (χ0n) is 17.0. The quantitative estimate of drug-likeness (QED) is 0.453. The Morgan fingerprint density at radius 1 is 1.03 bits per heavy atom. The number of rotatable bonds is 6. The Hall–Kier alpha value is -3.84. The molecule has 0 aliphatic heterocycles. The van der Waals surface area contributed by atoms with Gasteiger partial charge in [-0.25, -0.2) is 4.79 Å². The summed E-state index contributed by atoms with van der Waals surface area (Å²) in [6, 6.07) is 17.4. The van der Waals surface area contributed by atoms with Gasteiger partial charge in [-0.1, -0.05) is 30.3 Å². The third-order valence-electron chi connectivity index (χ3n) is 4.98. The summed E-state index contributed by atoms with van der Waals surface area (Å²) in [5.41, 5.74) is 2.71. The maximum atomic E-state index is 12.6. The van der Waals surface area contributed by atoms with Crippen molar-refractivity contribution in [3.05, 3.63) is 71.8 Å². The molecule has 0 fully saturated rings. The number of nitrogens with one attached hydrogen (secondary N) is 1. The van der Waals surface area contributed by atoms with Crippen LogP contribution >= 0.6 is 0 Å². The summed E-state index contributed by atoms with van der Waals surface area (Å²) in [6.45, 7) is 1.37. The predicted octanol–water partition coefficient (Wildman–Crippen LogP) is 4.27. The van der Waals surface area contributed by atoms with E-state index in [0.717, 1.165) is 16.4 Å². The van der Waals surface area contributed by atoms with Crippen molar-refractivity contribution in [1.82, 2.24) is 0 Å². The highest BCUT2D eigenvalue weighted by molar-refractivity contribution is 6.08. The number of hydrogen-bond donors (Lipinski definition) is 2. The van der Waals surface area contributed by atoms with Crippen molar-refractivity contribution in [2.45, 2.75) is 19.6 Å². The van der Waals surface area contributed by atoms with Crippen molar-refractivity contribution in [2.24, 2.45) is 0 Å². The normalized spacial score (nSPS) is 12.0. The second kappa shape index (κ2) is 8.49. The van der Waals surface area contributed by atoms with E-state index in [9.17, 15) is 9.59 Å². The van der Waals surface area contributed by atoms with Gasteiger partial charge in [0.15, 0.2) is 6.10 Å². The lowest BCUT2D eigenvalue weighted by Crippen LogP contribution is -2.30. The minimum Gasteiger partial charge on any atom is -0.495 e. The molecule has 1 amide bonds. The number of furan rings is 1. The molecule has 0 saturated heterocycles. The molecule has 2 N–H and O–H groups in total. The Balaban J connectivity index is 1.52. The van der Waals surface area contributed by atoms with E-state index in [1.54, 1.807) is 24.3 Å². The van der Waals surface area contributed by atoms with Crippen molar-refractivity contribution < 1.29 is 28.6 Å². The van der Waals surface area contributed by atoms with Crippen LogP contribution in [0.5, 0.6) is 5.75 Å². The van der Waals surface area contributed by atoms with Gasteiger partial charge in [0.1, 0.15) is 16.9 Å². The van der Waals surface area contributed by atoms with Crippen LogP contribution in [0.25, 0.3) is 21.9 Å². The van der Waals surface area contributed by atoms with E-state index in [1.165, 1.54) is 26.2 Å². The number of benzene rings is 3. The molecule has 7 heteroatoms. The van der Waals surface area contributed by atoms with E-state index in [2.05, 4.69) is 5.32 Å². The molecule has 0 saturated carbocycles. The second-order valence-electron chi connectivity index (χ2n) is 7.04. The van der Waals surface area contributed by atoms with Gasteiger partial charge in [0.05, 0.1) is 25.0 Å².